The lowest BCUT2D eigenvalue weighted by molar-refractivity contribution is -0.140. The zero-order valence-corrected chi connectivity index (χ0v) is 24.8. The second-order valence-corrected chi connectivity index (χ2v) is 12.2. The van der Waals surface area contributed by atoms with Crippen LogP contribution in [0.3, 0.4) is 0 Å². The Kier molecular flexibility index (Phi) is 11.6. The van der Waals surface area contributed by atoms with E-state index >= 15 is 0 Å². The summed E-state index contributed by atoms with van der Waals surface area (Å²) >= 11 is 18.6. The third kappa shape index (κ3) is 8.77. The average molecular weight is 591 g/mol. The molecule has 2 atom stereocenters. The van der Waals surface area contributed by atoms with Gasteiger partial charge in [-0.2, -0.15) is 0 Å². The molecule has 0 bridgehead atoms. The summed E-state index contributed by atoms with van der Waals surface area (Å²) < 4.78 is 26.3. The first-order valence-electron chi connectivity index (χ1n) is 12.0. The Morgan fingerprint density at radius 2 is 1.73 bits per heavy atom. The van der Waals surface area contributed by atoms with Crippen LogP contribution in [0.5, 0.6) is 0 Å². The van der Waals surface area contributed by atoms with Crippen LogP contribution < -0.4 is 9.62 Å². The number of rotatable bonds is 12. The molecular formula is C26H34Cl3N3O4S. The lowest BCUT2D eigenvalue weighted by Gasteiger charge is -2.30. The number of amides is 2. The third-order valence-electron chi connectivity index (χ3n) is 6.18. The van der Waals surface area contributed by atoms with Crippen LogP contribution >= 0.6 is 34.8 Å². The normalized spacial score (nSPS) is 13.1. The maximum absolute atomic E-state index is 13.4. The van der Waals surface area contributed by atoms with Crippen molar-refractivity contribution in [2.45, 2.75) is 65.6 Å². The fourth-order valence-corrected chi connectivity index (χ4v) is 5.38. The van der Waals surface area contributed by atoms with E-state index in [0.29, 0.717) is 31.9 Å². The first kappa shape index (κ1) is 31.2. The third-order valence-corrected chi connectivity index (χ3v) is 8.36. The van der Waals surface area contributed by atoms with Crippen molar-refractivity contribution in [3.63, 3.8) is 0 Å². The molecule has 0 fully saturated rings. The summed E-state index contributed by atoms with van der Waals surface area (Å²) in [7, 11) is -3.62. The molecule has 2 amide bonds. The van der Waals surface area contributed by atoms with Crippen LogP contribution in [0, 0.1) is 6.92 Å². The average Bonchev–Trinajstić information content (AvgIpc) is 2.82. The smallest absolute Gasteiger partial charge is 0.242 e. The fraction of sp³-hybridized carbons (Fsp3) is 0.462. The van der Waals surface area contributed by atoms with Gasteiger partial charge in [0.25, 0.3) is 0 Å². The molecule has 0 spiro atoms. The highest BCUT2D eigenvalue weighted by Gasteiger charge is 2.28. The summed E-state index contributed by atoms with van der Waals surface area (Å²) in [4.78, 5) is 27.8. The van der Waals surface area contributed by atoms with E-state index in [-0.39, 0.29) is 43.8 Å². The highest BCUT2D eigenvalue weighted by molar-refractivity contribution is 7.92. The maximum Gasteiger partial charge on any atom is 0.242 e. The molecule has 2 rings (SSSR count). The van der Waals surface area contributed by atoms with E-state index in [9.17, 15) is 18.0 Å². The highest BCUT2D eigenvalue weighted by atomic mass is 35.5. The van der Waals surface area contributed by atoms with E-state index in [1.54, 1.807) is 50.2 Å². The van der Waals surface area contributed by atoms with Crippen molar-refractivity contribution in [1.82, 2.24) is 10.2 Å². The number of hydrogen-bond acceptors (Lipinski definition) is 4. The predicted molar refractivity (Wildman–Crippen MR) is 152 cm³/mol. The van der Waals surface area contributed by atoms with Gasteiger partial charge in [-0.05, 0) is 69.0 Å². The standard InChI is InChI=1S/C26H34Cl3N3O4S/c1-6-17(2)30-26(34)19(4)31(16-20-12-13-21(27)15-23(20)29)25(33)11-8-14-32(37(5,35)36)24-10-7-9-22(28)18(24)3/h7,9-10,12-13,15,17,19H,6,8,11,14,16H2,1-5H3,(H,30,34)/t17-,19-/m1/s1. The van der Waals surface area contributed by atoms with E-state index in [1.165, 1.54) is 9.21 Å². The quantitative estimate of drug-likeness (QED) is 0.337. The molecule has 204 valence electrons. The Morgan fingerprint density at radius 1 is 1.05 bits per heavy atom. The van der Waals surface area contributed by atoms with Gasteiger partial charge in [-0.25, -0.2) is 8.42 Å². The van der Waals surface area contributed by atoms with Gasteiger partial charge in [-0.3, -0.25) is 13.9 Å². The van der Waals surface area contributed by atoms with Gasteiger partial charge in [0.05, 0.1) is 11.9 Å². The summed E-state index contributed by atoms with van der Waals surface area (Å²) in [5.74, 6) is -0.575. The molecule has 0 saturated heterocycles. The van der Waals surface area contributed by atoms with Crippen molar-refractivity contribution in [2.24, 2.45) is 0 Å². The monoisotopic (exact) mass is 589 g/mol. The largest absolute Gasteiger partial charge is 0.352 e. The zero-order chi connectivity index (χ0) is 27.9. The lowest BCUT2D eigenvalue weighted by atomic mass is 10.1. The van der Waals surface area contributed by atoms with Crippen LogP contribution in [0.15, 0.2) is 36.4 Å². The van der Waals surface area contributed by atoms with Gasteiger partial charge in [0.15, 0.2) is 0 Å². The molecule has 1 N–H and O–H groups in total. The molecule has 0 aliphatic rings. The Morgan fingerprint density at radius 3 is 2.32 bits per heavy atom. The van der Waals surface area contributed by atoms with Crippen LogP contribution in [0.25, 0.3) is 0 Å². The van der Waals surface area contributed by atoms with E-state index in [2.05, 4.69) is 5.32 Å². The molecular weight excluding hydrogens is 557 g/mol. The summed E-state index contributed by atoms with van der Waals surface area (Å²) in [6, 6.07) is 9.22. The van der Waals surface area contributed by atoms with Crippen molar-refractivity contribution in [3.8, 4) is 0 Å². The van der Waals surface area contributed by atoms with E-state index in [0.717, 1.165) is 12.7 Å². The van der Waals surface area contributed by atoms with Crippen molar-refractivity contribution in [2.75, 3.05) is 17.1 Å². The molecule has 2 aromatic rings. The molecule has 2 aromatic carbocycles. The molecule has 11 heteroatoms. The maximum atomic E-state index is 13.4. The Labute approximate surface area is 235 Å². The van der Waals surface area contributed by atoms with E-state index in [1.807, 2.05) is 13.8 Å². The zero-order valence-electron chi connectivity index (χ0n) is 21.7. The van der Waals surface area contributed by atoms with Gasteiger partial charge in [0.2, 0.25) is 21.8 Å². The number of nitrogens with one attached hydrogen (secondary N) is 1. The molecule has 0 aromatic heterocycles. The molecule has 37 heavy (non-hydrogen) atoms. The Hall–Kier alpha value is -2.00. The topological polar surface area (TPSA) is 86.8 Å². The van der Waals surface area contributed by atoms with E-state index < -0.39 is 16.1 Å². The number of benzene rings is 2. The molecule has 0 unspecified atom stereocenters. The van der Waals surface area contributed by atoms with Crippen molar-refractivity contribution < 1.29 is 18.0 Å². The molecule has 0 heterocycles. The van der Waals surface area contributed by atoms with Crippen LogP contribution in [0.2, 0.25) is 15.1 Å². The molecule has 0 saturated carbocycles. The van der Waals surface area contributed by atoms with Crippen molar-refractivity contribution >= 4 is 62.3 Å². The minimum atomic E-state index is -3.62. The second-order valence-electron chi connectivity index (χ2n) is 9.07. The van der Waals surface area contributed by atoms with Crippen molar-refractivity contribution in [3.05, 3.63) is 62.6 Å². The van der Waals surface area contributed by atoms with Crippen LogP contribution in [-0.2, 0) is 26.2 Å². The summed E-state index contributed by atoms with van der Waals surface area (Å²) in [6.07, 6.45) is 2.13. The number of carbonyl (C=O) groups excluding carboxylic acids is 2. The summed E-state index contributed by atoms with van der Waals surface area (Å²) in [6.45, 7) is 7.45. The van der Waals surface area contributed by atoms with Crippen LogP contribution in [0.1, 0.15) is 51.2 Å². The number of sulfonamides is 1. The van der Waals surface area contributed by atoms with Gasteiger partial charge < -0.3 is 10.2 Å². The predicted octanol–water partition coefficient (Wildman–Crippen LogP) is 5.83. The van der Waals surface area contributed by atoms with Gasteiger partial charge in [-0.1, -0.05) is 53.9 Å². The van der Waals surface area contributed by atoms with Crippen LogP contribution in [-0.4, -0.2) is 50.0 Å². The van der Waals surface area contributed by atoms with Gasteiger partial charge in [0, 0.05) is 40.6 Å². The van der Waals surface area contributed by atoms with Gasteiger partial charge in [0.1, 0.15) is 6.04 Å². The molecule has 0 aliphatic heterocycles. The lowest BCUT2D eigenvalue weighted by Crippen LogP contribution is -2.49. The fourth-order valence-electron chi connectivity index (χ4n) is 3.73. The number of halogens is 3. The van der Waals surface area contributed by atoms with E-state index in [4.69, 9.17) is 34.8 Å². The molecule has 0 aliphatic carbocycles. The highest BCUT2D eigenvalue weighted by Crippen LogP contribution is 2.29. The molecule has 7 nitrogen and oxygen atoms in total. The van der Waals surface area contributed by atoms with Crippen molar-refractivity contribution in [1.29, 1.82) is 0 Å². The summed E-state index contributed by atoms with van der Waals surface area (Å²) in [5, 5.41) is 4.22. The molecule has 0 radical (unpaired) electrons. The number of anilines is 1. The second kappa shape index (κ2) is 13.7. The minimum Gasteiger partial charge on any atom is -0.352 e. The Balaban J connectivity index is 2.25. The first-order chi connectivity index (χ1) is 17.3. The number of hydrogen-bond donors (Lipinski definition) is 1. The SMILES string of the molecule is CC[C@@H](C)NC(=O)[C@@H](C)N(Cc1ccc(Cl)cc1Cl)C(=O)CCCN(c1cccc(Cl)c1C)S(C)(=O)=O. The minimum absolute atomic E-state index is 0.0256. The van der Waals surface area contributed by atoms with Gasteiger partial charge >= 0.3 is 0 Å². The van der Waals surface area contributed by atoms with Crippen LogP contribution in [0.4, 0.5) is 5.69 Å². The first-order valence-corrected chi connectivity index (χ1v) is 15.0. The summed E-state index contributed by atoms with van der Waals surface area (Å²) in [5.41, 5.74) is 1.75. The van der Waals surface area contributed by atoms with Gasteiger partial charge in [-0.15, -0.1) is 0 Å². The number of carbonyl (C=O) groups is 2. The Bertz CT molecular complexity index is 1220. The number of nitrogens with zero attached hydrogens (tertiary/aromatic N) is 2.